The van der Waals surface area contributed by atoms with Crippen LogP contribution in [0.5, 0.6) is 0 Å². The number of carboxylic acid groups (broad SMARTS) is 1. The maximum atomic E-state index is 10.3. The molecule has 44 heavy (non-hydrogen) atoms. The summed E-state index contributed by atoms with van der Waals surface area (Å²) in [5.74, 6) is -0.653. The van der Waals surface area contributed by atoms with Crippen LogP contribution in [-0.2, 0) is 4.79 Å². The number of aliphatic hydroxyl groups is 6. The highest BCUT2D eigenvalue weighted by molar-refractivity contribution is 6.45. The Bertz CT molecular complexity index is 590. The van der Waals surface area contributed by atoms with Gasteiger partial charge in [0.25, 0.3) is 0 Å². The average Bonchev–Trinajstić information content (AvgIpc) is 3.02. The summed E-state index contributed by atoms with van der Waals surface area (Å²) in [5.41, 5.74) is 0. The minimum absolute atomic E-state index is 0.345. The molecular formula is C30H56Cl6O8. The van der Waals surface area contributed by atoms with Crippen molar-refractivity contribution in [2.75, 3.05) is 13.2 Å². The molecule has 0 aliphatic heterocycles. The standard InChI is InChI=1S/C18H36O2.C6H6Cl6.C6H14O6/c1-2-3-4-5-6-7-8-9-10-11-12-13-14-15-16-17-18(19)20;7-1-2(8)4(10)6(12)5(11)3(1)9;7-1-3(9)5(11)6(12)4(10)2-8/h2-17H2,1H3,(H,19,20);1-6H;3-12H,1-2H2/t;;3-,4+,5+,6-. The molecule has 0 aromatic carbocycles. The number of hydrogen-bond acceptors (Lipinski definition) is 7. The van der Waals surface area contributed by atoms with Crippen LogP contribution in [0.2, 0.25) is 0 Å². The minimum Gasteiger partial charge on any atom is -0.481 e. The summed E-state index contributed by atoms with van der Waals surface area (Å²) in [5, 5.41) is 58.1. The van der Waals surface area contributed by atoms with E-state index in [-0.39, 0.29) is 0 Å². The van der Waals surface area contributed by atoms with Crippen LogP contribution in [0.25, 0.3) is 0 Å². The van der Waals surface area contributed by atoms with E-state index in [9.17, 15) is 4.79 Å². The number of carbonyl (C=O) groups is 1. The molecule has 1 saturated carbocycles. The van der Waals surface area contributed by atoms with Gasteiger partial charge in [0.15, 0.2) is 0 Å². The molecule has 14 heteroatoms. The summed E-state index contributed by atoms with van der Waals surface area (Å²) in [6, 6.07) is 0. The number of alkyl halides is 6. The van der Waals surface area contributed by atoms with Gasteiger partial charge in [0.2, 0.25) is 0 Å². The summed E-state index contributed by atoms with van der Waals surface area (Å²) in [7, 11) is 0. The molecule has 1 aliphatic carbocycles. The largest absolute Gasteiger partial charge is 0.481 e. The molecule has 1 rings (SSSR count). The van der Waals surface area contributed by atoms with Gasteiger partial charge in [-0.15, -0.1) is 69.6 Å². The Morgan fingerprint density at radius 1 is 0.500 bits per heavy atom. The lowest BCUT2D eigenvalue weighted by molar-refractivity contribution is -0.137. The zero-order valence-corrected chi connectivity index (χ0v) is 30.3. The van der Waals surface area contributed by atoms with Crippen LogP contribution in [0.3, 0.4) is 0 Å². The fourth-order valence-corrected chi connectivity index (χ4v) is 6.70. The second-order valence-corrected chi connectivity index (χ2v) is 14.3. The molecule has 7 N–H and O–H groups in total. The first kappa shape index (κ1) is 47.1. The Hall–Kier alpha value is 0.970. The van der Waals surface area contributed by atoms with Crippen molar-refractivity contribution in [2.45, 2.75) is 166 Å². The van der Waals surface area contributed by atoms with Crippen molar-refractivity contribution in [3.63, 3.8) is 0 Å². The third-order valence-electron chi connectivity index (χ3n) is 7.33. The van der Waals surface area contributed by atoms with Crippen LogP contribution < -0.4 is 0 Å². The predicted molar refractivity (Wildman–Crippen MR) is 183 cm³/mol. The van der Waals surface area contributed by atoms with Crippen molar-refractivity contribution in [2.24, 2.45) is 0 Å². The lowest BCUT2D eigenvalue weighted by Gasteiger charge is -2.37. The van der Waals surface area contributed by atoms with Gasteiger partial charge in [-0.1, -0.05) is 96.8 Å². The number of carboxylic acids is 1. The molecule has 266 valence electrons. The van der Waals surface area contributed by atoms with E-state index in [0.717, 1.165) is 12.8 Å². The van der Waals surface area contributed by atoms with Crippen molar-refractivity contribution in [3.8, 4) is 0 Å². The summed E-state index contributed by atoms with van der Waals surface area (Å²) >= 11 is 35.3. The predicted octanol–water partition coefficient (Wildman–Crippen LogP) is 6.39. The van der Waals surface area contributed by atoms with E-state index >= 15 is 0 Å². The lowest BCUT2D eigenvalue weighted by Crippen LogP contribution is -2.52. The average molecular weight is 757 g/mol. The van der Waals surface area contributed by atoms with Crippen molar-refractivity contribution in [1.29, 1.82) is 0 Å². The second-order valence-electron chi connectivity index (χ2n) is 11.2. The smallest absolute Gasteiger partial charge is 0.303 e. The van der Waals surface area contributed by atoms with Gasteiger partial charge in [-0.25, -0.2) is 0 Å². The first-order chi connectivity index (χ1) is 20.8. The molecule has 0 unspecified atom stereocenters. The molecule has 4 atom stereocenters. The van der Waals surface area contributed by atoms with E-state index in [0.29, 0.717) is 6.42 Å². The molecule has 0 bridgehead atoms. The molecule has 0 amide bonds. The Kier molecular flexibility index (Phi) is 32.2. The third kappa shape index (κ3) is 22.5. The second kappa shape index (κ2) is 30.1. The molecular weight excluding hydrogens is 701 g/mol. The van der Waals surface area contributed by atoms with Crippen molar-refractivity contribution in [3.05, 3.63) is 0 Å². The summed E-state index contributed by atoms with van der Waals surface area (Å²) in [6.07, 6.45) is 13.8. The highest BCUT2D eigenvalue weighted by Crippen LogP contribution is 2.39. The zero-order chi connectivity index (χ0) is 34.1. The molecule has 8 nitrogen and oxygen atoms in total. The van der Waals surface area contributed by atoms with Gasteiger partial charge in [-0.2, -0.15) is 0 Å². The lowest BCUT2D eigenvalue weighted by atomic mass is 9.97. The topological polar surface area (TPSA) is 159 Å². The Morgan fingerprint density at radius 3 is 0.932 bits per heavy atom. The van der Waals surface area contributed by atoms with E-state index in [2.05, 4.69) is 6.92 Å². The molecule has 0 heterocycles. The first-order valence-corrected chi connectivity index (χ1v) is 18.4. The molecule has 0 saturated heterocycles. The van der Waals surface area contributed by atoms with Crippen LogP contribution in [0, 0.1) is 0 Å². The van der Waals surface area contributed by atoms with E-state index in [1.807, 2.05) is 0 Å². The first-order valence-electron chi connectivity index (χ1n) is 15.8. The highest BCUT2D eigenvalue weighted by Gasteiger charge is 2.46. The summed E-state index contributed by atoms with van der Waals surface area (Å²) in [4.78, 5) is 10.3. The van der Waals surface area contributed by atoms with E-state index in [4.69, 9.17) is 105 Å². The molecule has 0 radical (unpaired) electrons. The fourth-order valence-electron chi connectivity index (χ4n) is 4.37. The number of aliphatic carboxylic acids is 1. The summed E-state index contributed by atoms with van der Waals surface area (Å²) in [6.45, 7) is 0.818. The van der Waals surface area contributed by atoms with Gasteiger partial charge in [0, 0.05) is 6.42 Å². The quantitative estimate of drug-likeness (QED) is 0.0525. The maximum Gasteiger partial charge on any atom is 0.303 e. The van der Waals surface area contributed by atoms with Crippen LogP contribution in [-0.4, -0.2) is 112 Å². The molecule has 0 spiro atoms. The molecule has 0 aromatic heterocycles. The van der Waals surface area contributed by atoms with Crippen LogP contribution in [0.15, 0.2) is 0 Å². The highest BCUT2D eigenvalue weighted by atomic mass is 35.5. The van der Waals surface area contributed by atoms with E-state index in [1.54, 1.807) is 0 Å². The molecule has 0 aromatic rings. The van der Waals surface area contributed by atoms with Gasteiger partial charge in [-0.05, 0) is 6.42 Å². The van der Waals surface area contributed by atoms with Crippen molar-refractivity contribution < 1.29 is 40.5 Å². The zero-order valence-electron chi connectivity index (χ0n) is 25.8. The van der Waals surface area contributed by atoms with Gasteiger partial charge in [0.05, 0.1) is 45.5 Å². The third-order valence-corrected chi connectivity index (χ3v) is 11.4. The SMILES string of the molecule is CCCCCCCCCCCCCCCCCC(=O)O.ClC1C(Cl)C(Cl)C(Cl)C(Cl)C1Cl.OC[C@@H](O)[C@H](O)[C@H](O)[C@@H](O)CO. The fraction of sp³-hybridized carbons (Fsp3) is 0.967. The number of hydrogen-bond donors (Lipinski definition) is 7. The Labute approximate surface area is 294 Å². The molecule has 1 fully saturated rings. The number of halogens is 6. The van der Waals surface area contributed by atoms with Gasteiger partial charge >= 0.3 is 5.97 Å². The molecule has 1 aliphatic rings. The van der Waals surface area contributed by atoms with Gasteiger partial charge in [-0.3, -0.25) is 4.79 Å². The monoisotopic (exact) mass is 754 g/mol. The van der Waals surface area contributed by atoms with Crippen LogP contribution >= 0.6 is 69.6 Å². The van der Waals surface area contributed by atoms with Gasteiger partial charge in [0.1, 0.15) is 24.4 Å². The van der Waals surface area contributed by atoms with E-state index < -0.39 is 75.9 Å². The van der Waals surface area contributed by atoms with Crippen LogP contribution in [0.4, 0.5) is 0 Å². The van der Waals surface area contributed by atoms with Crippen molar-refractivity contribution >= 4 is 75.6 Å². The number of rotatable bonds is 21. The maximum absolute atomic E-state index is 10.3. The van der Waals surface area contributed by atoms with Crippen molar-refractivity contribution in [1.82, 2.24) is 0 Å². The number of aliphatic hydroxyl groups excluding tert-OH is 6. The van der Waals surface area contributed by atoms with Crippen LogP contribution in [0.1, 0.15) is 110 Å². The Morgan fingerprint density at radius 2 is 0.727 bits per heavy atom. The Balaban J connectivity index is 0. The van der Waals surface area contributed by atoms with Gasteiger partial charge < -0.3 is 35.7 Å². The number of unbranched alkanes of at least 4 members (excludes halogenated alkanes) is 14. The normalized spacial score (nSPS) is 25.9. The minimum atomic E-state index is -1.67. The van der Waals surface area contributed by atoms with E-state index in [1.165, 1.54) is 83.5 Å². The summed E-state index contributed by atoms with van der Waals surface area (Å²) < 4.78 is 0.